The minimum atomic E-state index is -0.713. The molecule has 1 amide bonds. The van der Waals surface area contributed by atoms with Crippen LogP contribution in [0.3, 0.4) is 0 Å². The highest BCUT2D eigenvalue weighted by atomic mass is 32.2. The van der Waals surface area contributed by atoms with E-state index in [0.29, 0.717) is 50.8 Å². The van der Waals surface area contributed by atoms with E-state index in [-0.39, 0.29) is 11.5 Å². The zero-order valence-electron chi connectivity index (χ0n) is 21.9. The molecule has 37 heavy (non-hydrogen) atoms. The van der Waals surface area contributed by atoms with Gasteiger partial charge in [-0.25, -0.2) is 4.99 Å². The van der Waals surface area contributed by atoms with Gasteiger partial charge in [0.05, 0.1) is 30.0 Å². The van der Waals surface area contributed by atoms with Gasteiger partial charge >= 0.3 is 0 Å². The molecule has 194 valence electrons. The number of amides is 1. The van der Waals surface area contributed by atoms with Crippen molar-refractivity contribution in [2.24, 2.45) is 4.99 Å². The van der Waals surface area contributed by atoms with E-state index in [1.807, 2.05) is 63.4 Å². The summed E-state index contributed by atoms with van der Waals surface area (Å²) >= 11 is 2.98. The number of methoxy groups -OCH3 is 2. The normalized spacial score (nSPS) is 15.3. The molecule has 1 atom stereocenters. The zero-order chi connectivity index (χ0) is 26.7. The summed E-state index contributed by atoms with van der Waals surface area (Å²) in [4.78, 5) is 35.9. The fraction of sp³-hybridized carbons (Fsp3) is 0.321. The Morgan fingerprint density at radius 2 is 1.84 bits per heavy atom. The van der Waals surface area contributed by atoms with Crippen molar-refractivity contribution in [1.29, 1.82) is 0 Å². The first-order valence-corrected chi connectivity index (χ1v) is 14.1. The van der Waals surface area contributed by atoms with Gasteiger partial charge in [-0.15, -0.1) is 11.8 Å². The Morgan fingerprint density at radius 3 is 2.43 bits per heavy atom. The molecule has 2 aromatic carbocycles. The number of thiazole rings is 1. The van der Waals surface area contributed by atoms with Gasteiger partial charge in [-0.3, -0.25) is 14.2 Å². The van der Waals surface area contributed by atoms with Crippen LogP contribution in [0, 0.1) is 0 Å². The Bertz CT molecular complexity index is 1520. The summed E-state index contributed by atoms with van der Waals surface area (Å²) < 4.78 is 13.4. The maximum absolute atomic E-state index is 13.9. The predicted molar refractivity (Wildman–Crippen MR) is 149 cm³/mol. The first kappa shape index (κ1) is 26.8. The lowest BCUT2D eigenvalue weighted by molar-refractivity contribution is -0.127. The van der Waals surface area contributed by atoms with Crippen molar-refractivity contribution >= 4 is 35.1 Å². The number of rotatable bonds is 8. The lowest BCUT2D eigenvalue weighted by Gasteiger charge is -2.30. The number of thioether (sulfide) groups is 1. The molecule has 9 heteroatoms. The first-order chi connectivity index (χ1) is 17.9. The number of carbonyl (C=O) groups is 1. The molecule has 0 N–H and O–H groups in total. The summed E-state index contributed by atoms with van der Waals surface area (Å²) in [5, 5.41) is 0. The van der Waals surface area contributed by atoms with E-state index in [2.05, 4.69) is 0 Å². The van der Waals surface area contributed by atoms with Crippen molar-refractivity contribution in [2.75, 3.05) is 33.6 Å². The van der Waals surface area contributed by atoms with Crippen LogP contribution in [0.2, 0.25) is 0 Å². The fourth-order valence-electron chi connectivity index (χ4n) is 4.48. The van der Waals surface area contributed by atoms with E-state index in [9.17, 15) is 9.59 Å². The molecular formula is C28H31N3O4S2. The summed E-state index contributed by atoms with van der Waals surface area (Å²) in [5.41, 5.74) is 2.43. The molecule has 3 aromatic rings. The van der Waals surface area contributed by atoms with Crippen molar-refractivity contribution < 1.29 is 14.3 Å². The lowest BCUT2D eigenvalue weighted by Crippen LogP contribution is -2.43. The topological polar surface area (TPSA) is 73.1 Å². The molecule has 0 aliphatic carbocycles. The molecule has 0 bridgehead atoms. The molecule has 1 aromatic heterocycles. The number of allylic oxidation sites excluding steroid dienone is 1. The molecule has 1 aliphatic heterocycles. The van der Waals surface area contributed by atoms with Crippen molar-refractivity contribution in [1.82, 2.24) is 9.47 Å². The molecule has 0 spiro atoms. The van der Waals surface area contributed by atoms with Gasteiger partial charge < -0.3 is 14.4 Å². The van der Waals surface area contributed by atoms with Crippen molar-refractivity contribution in [3.05, 3.63) is 84.5 Å². The summed E-state index contributed by atoms with van der Waals surface area (Å²) in [5.74, 6) is 1.02. The van der Waals surface area contributed by atoms with Gasteiger partial charge in [0, 0.05) is 23.5 Å². The molecular weight excluding hydrogens is 506 g/mol. The molecule has 0 radical (unpaired) electrons. The van der Waals surface area contributed by atoms with Gasteiger partial charge in [0.1, 0.15) is 17.5 Å². The van der Waals surface area contributed by atoms with Gasteiger partial charge in [0.25, 0.3) is 11.5 Å². The molecule has 0 saturated carbocycles. The van der Waals surface area contributed by atoms with Gasteiger partial charge in [-0.1, -0.05) is 23.5 Å². The monoisotopic (exact) mass is 537 g/mol. The Morgan fingerprint density at radius 1 is 1.14 bits per heavy atom. The average Bonchev–Trinajstić information content (AvgIpc) is 3.22. The van der Waals surface area contributed by atoms with Crippen molar-refractivity contribution in [3.63, 3.8) is 0 Å². The van der Waals surface area contributed by atoms with E-state index >= 15 is 0 Å². The molecule has 2 heterocycles. The van der Waals surface area contributed by atoms with Gasteiger partial charge in [0.15, 0.2) is 4.80 Å². The van der Waals surface area contributed by atoms with E-state index in [1.165, 1.54) is 11.3 Å². The number of nitrogens with zero attached hydrogens (tertiary/aromatic N) is 3. The van der Waals surface area contributed by atoms with Crippen LogP contribution < -0.4 is 24.4 Å². The molecule has 7 nitrogen and oxygen atoms in total. The maximum atomic E-state index is 13.9. The smallest absolute Gasteiger partial charge is 0.271 e. The third-order valence-corrected chi connectivity index (χ3v) is 8.17. The largest absolute Gasteiger partial charge is 0.497 e. The predicted octanol–water partition coefficient (Wildman–Crippen LogP) is 3.84. The van der Waals surface area contributed by atoms with Crippen LogP contribution in [0.25, 0.3) is 6.08 Å². The third kappa shape index (κ3) is 5.10. The standard InChI is InChI=1S/C28H31N3O4S2/c1-7-30(8-2)27(33)24-17(3)29-28-31(25(24)21-16-19(34-4)11-14-22(21)35-5)26(32)23(37-28)15-18-9-12-20(36-6)13-10-18/h9-16,25H,7-8H2,1-6H3/b23-15+/t25-/m1/s1. The van der Waals surface area contributed by atoms with Gasteiger partial charge in [-0.2, -0.15) is 0 Å². The van der Waals surface area contributed by atoms with Crippen LogP contribution in [0.4, 0.5) is 0 Å². The second-order valence-electron chi connectivity index (χ2n) is 8.44. The van der Waals surface area contributed by atoms with E-state index in [1.54, 1.807) is 47.6 Å². The Hall–Kier alpha value is -3.30. The van der Waals surface area contributed by atoms with E-state index in [0.717, 1.165) is 10.5 Å². The number of carbonyl (C=O) groups excluding carboxylic acids is 1. The van der Waals surface area contributed by atoms with Crippen molar-refractivity contribution in [2.45, 2.75) is 31.7 Å². The Kier molecular flexibility index (Phi) is 8.24. The number of benzene rings is 2. The van der Waals surface area contributed by atoms with Crippen LogP contribution in [-0.2, 0) is 4.79 Å². The Labute approximate surface area is 224 Å². The van der Waals surface area contributed by atoms with Crippen LogP contribution >= 0.6 is 23.1 Å². The number of ether oxygens (including phenoxy) is 2. The zero-order valence-corrected chi connectivity index (χ0v) is 23.5. The van der Waals surface area contributed by atoms with E-state index in [4.69, 9.17) is 14.5 Å². The highest BCUT2D eigenvalue weighted by Crippen LogP contribution is 2.38. The summed E-state index contributed by atoms with van der Waals surface area (Å²) in [6, 6.07) is 12.8. The second-order valence-corrected chi connectivity index (χ2v) is 10.3. The van der Waals surface area contributed by atoms with Crippen LogP contribution in [0.15, 0.2) is 68.4 Å². The lowest BCUT2D eigenvalue weighted by atomic mass is 9.93. The van der Waals surface area contributed by atoms with E-state index < -0.39 is 6.04 Å². The van der Waals surface area contributed by atoms with Gasteiger partial charge in [-0.05, 0) is 69.0 Å². The van der Waals surface area contributed by atoms with Gasteiger partial charge in [0.2, 0.25) is 0 Å². The number of fused-ring (bicyclic) bond motifs is 1. The van der Waals surface area contributed by atoms with Crippen molar-refractivity contribution in [3.8, 4) is 11.5 Å². The minimum absolute atomic E-state index is 0.150. The number of aromatic nitrogens is 1. The first-order valence-electron chi connectivity index (χ1n) is 12.0. The maximum Gasteiger partial charge on any atom is 0.271 e. The molecule has 1 aliphatic rings. The summed E-state index contributed by atoms with van der Waals surface area (Å²) in [6.07, 6.45) is 3.90. The Balaban J connectivity index is 2.00. The molecule has 4 rings (SSSR count). The SMILES string of the molecule is CCN(CC)C(=O)C1=C(C)N=c2s/c(=C/c3ccc(SC)cc3)c(=O)n2[C@@H]1c1cc(OC)ccc1OC. The highest BCUT2D eigenvalue weighted by molar-refractivity contribution is 7.98. The third-order valence-electron chi connectivity index (χ3n) is 6.45. The molecule has 0 saturated heterocycles. The number of hydrogen-bond acceptors (Lipinski definition) is 7. The minimum Gasteiger partial charge on any atom is -0.497 e. The van der Waals surface area contributed by atoms with Crippen LogP contribution in [0.5, 0.6) is 11.5 Å². The highest BCUT2D eigenvalue weighted by Gasteiger charge is 2.36. The number of hydrogen-bond donors (Lipinski definition) is 0. The second kappa shape index (κ2) is 11.4. The molecule has 0 fully saturated rings. The quantitative estimate of drug-likeness (QED) is 0.408. The number of likely N-dealkylation sites (N-methyl/N-ethyl adjacent to an activating group) is 1. The van der Waals surface area contributed by atoms with Crippen LogP contribution in [0.1, 0.15) is 37.9 Å². The summed E-state index contributed by atoms with van der Waals surface area (Å²) in [6.45, 7) is 6.80. The average molecular weight is 538 g/mol. The fourth-order valence-corrected chi connectivity index (χ4v) is 5.93. The molecule has 0 unspecified atom stereocenters. The van der Waals surface area contributed by atoms with Crippen LogP contribution in [-0.4, -0.2) is 48.9 Å². The summed E-state index contributed by atoms with van der Waals surface area (Å²) in [7, 11) is 3.16.